The van der Waals surface area contributed by atoms with Crippen molar-refractivity contribution in [2.45, 2.75) is 90.3 Å². The standard InChI is InChI=1S/C18H42O5Si4/c1-8-18(19)20-16-15-17-27(21-24(9-2)10-3,22-25(11-4)12-5)23-26(13-6)14-7/h8,24-26H,1,9-17H2,2-7H3. The first kappa shape index (κ1) is 27.0. The van der Waals surface area contributed by atoms with Gasteiger partial charge in [0, 0.05) is 12.1 Å². The summed E-state index contributed by atoms with van der Waals surface area (Å²) >= 11 is 0. The van der Waals surface area contributed by atoms with Crippen LogP contribution >= 0.6 is 0 Å². The molecule has 27 heavy (non-hydrogen) atoms. The van der Waals surface area contributed by atoms with Gasteiger partial charge in [0.1, 0.15) is 0 Å². The molecule has 0 heterocycles. The van der Waals surface area contributed by atoms with Crippen molar-refractivity contribution in [3.63, 3.8) is 0 Å². The normalized spacial score (nSPS) is 12.2. The van der Waals surface area contributed by atoms with Crippen LogP contribution in [0.25, 0.3) is 0 Å². The maximum absolute atomic E-state index is 11.3. The van der Waals surface area contributed by atoms with Gasteiger partial charge in [-0.1, -0.05) is 48.1 Å². The maximum atomic E-state index is 11.3. The molecule has 0 atom stereocenters. The average Bonchev–Trinajstić information content (AvgIpc) is 2.71. The summed E-state index contributed by atoms with van der Waals surface area (Å²) in [5.41, 5.74) is 0. The first-order valence-corrected chi connectivity index (χ1v) is 19.0. The molecule has 0 aromatic carbocycles. The van der Waals surface area contributed by atoms with Crippen molar-refractivity contribution >= 4 is 41.9 Å². The Hall–Kier alpha value is -0.0425. The first-order chi connectivity index (χ1) is 12.9. The van der Waals surface area contributed by atoms with E-state index in [1.165, 1.54) is 6.08 Å². The van der Waals surface area contributed by atoms with Crippen molar-refractivity contribution in [1.29, 1.82) is 0 Å². The number of esters is 1. The second-order valence-corrected chi connectivity index (χ2v) is 20.2. The van der Waals surface area contributed by atoms with Gasteiger partial charge in [-0.2, -0.15) is 0 Å². The van der Waals surface area contributed by atoms with Crippen LogP contribution in [0.15, 0.2) is 12.7 Å². The molecule has 0 aromatic heterocycles. The number of rotatable bonds is 17. The van der Waals surface area contributed by atoms with Crippen LogP contribution in [0.1, 0.15) is 48.0 Å². The minimum absolute atomic E-state index is 0.370. The van der Waals surface area contributed by atoms with Crippen molar-refractivity contribution in [1.82, 2.24) is 0 Å². The highest BCUT2D eigenvalue weighted by atomic mass is 28.5. The molecule has 0 amide bonds. The topological polar surface area (TPSA) is 54.0 Å². The summed E-state index contributed by atoms with van der Waals surface area (Å²) in [6.07, 6.45) is 1.93. The zero-order valence-corrected chi connectivity index (χ0v) is 22.9. The van der Waals surface area contributed by atoms with Crippen LogP contribution in [-0.2, 0) is 21.9 Å². The van der Waals surface area contributed by atoms with E-state index in [-0.39, 0.29) is 5.97 Å². The van der Waals surface area contributed by atoms with Gasteiger partial charge in [0.15, 0.2) is 27.1 Å². The van der Waals surface area contributed by atoms with E-state index in [4.69, 9.17) is 17.1 Å². The Morgan fingerprint density at radius 2 is 1.19 bits per heavy atom. The highest BCUT2D eigenvalue weighted by molar-refractivity contribution is 6.81. The highest BCUT2D eigenvalue weighted by Crippen LogP contribution is 2.26. The van der Waals surface area contributed by atoms with Gasteiger partial charge in [-0.25, -0.2) is 4.79 Å². The summed E-state index contributed by atoms with van der Waals surface area (Å²) in [5.74, 6) is -0.372. The lowest BCUT2D eigenvalue weighted by Gasteiger charge is -2.38. The van der Waals surface area contributed by atoms with E-state index in [2.05, 4.69) is 48.1 Å². The monoisotopic (exact) mass is 450 g/mol. The SMILES string of the molecule is C=CC(=O)OCCC[Si](O[SiH](CC)CC)(O[SiH](CC)CC)O[SiH](CC)CC. The maximum Gasteiger partial charge on any atom is 0.469 e. The minimum atomic E-state index is -2.72. The Kier molecular flexibility index (Phi) is 15.8. The lowest BCUT2D eigenvalue weighted by atomic mass is 10.5. The minimum Gasteiger partial charge on any atom is -0.463 e. The molecule has 160 valence electrons. The zero-order chi connectivity index (χ0) is 20.7. The van der Waals surface area contributed by atoms with Gasteiger partial charge in [-0.15, -0.1) is 0 Å². The van der Waals surface area contributed by atoms with E-state index in [9.17, 15) is 4.79 Å². The molecule has 0 rings (SSSR count). The molecule has 0 fully saturated rings. The Bertz CT molecular complexity index is 363. The van der Waals surface area contributed by atoms with Crippen LogP contribution in [0.4, 0.5) is 0 Å². The number of carbonyl (C=O) groups is 1. The average molecular weight is 451 g/mol. The van der Waals surface area contributed by atoms with Crippen molar-refractivity contribution in [2.75, 3.05) is 6.61 Å². The molecule has 0 aliphatic carbocycles. The number of hydrogen-bond acceptors (Lipinski definition) is 5. The summed E-state index contributed by atoms with van der Waals surface area (Å²) in [7, 11) is -6.70. The number of ether oxygens (including phenoxy) is 1. The molecule has 0 aromatic rings. The molecule has 0 aliphatic rings. The second-order valence-electron chi connectivity index (χ2n) is 6.83. The van der Waals surface area contributed by atoms with Crippen molar-refractivity contribution < 1.29 is 21.9 Å². The van der Waals surface area contributed by atoms with E-state index in [0.29, 0.717) is 6.61 Å². The summed E-state index contributed by atoms with van der Waals surface area (Å²) in [4.78, 5) is 11.3. The van der Waals surface area contributed by atoms with Crippen LogP contribution in [0.5, 0.6) is 0 Å². The predicted molar refractivity (Wildman–Crippen MR) is 124 cm³/mol. The van der Waals surface area contributed by atoms with Crippen LogP contribution in [-0.4, -0.2) is 48.5 Å². The molecule has 0 saturated heterocycles. The first-order valence-electron chi connectivity index (χ1n) is 10.8. The molecule has 0 spiro atoms. The van der Waals surface area contributed by atoms with E-state index < -0.39 is 35.9 Å². The third-order valence-corrected chi connectivity index (χ3v) is 19.5. The molecule has 0 aliphatic heterocycles. The van der Waals surface area contributed by atoms with Gasteiger partial charge in [-0.3, -0.25) is 0 Å². The van der Waals surface area contributed by atoms with Gasteiger partial charge in [-0.05, 0) is 42.7 Å². The highest BCUT2D eigenvalue weighted by Gasteiger charge is 2.45. The molecule has 0 radical (unpaired) electrons. The quantitative estimate of drug-likeness (QED) is 0.142. The van der Waals surface area contributed by atoms with E-state index in [1.807, 2.05) is 0 Å². The third-order valence-electron chi connectivity index (χ3n) is 4.81. The molecule has 0 bridgehead atoms. The molecule has 0 saturated carbocycles. The summed E-state index contributed by atoms with van der Waals surface area (Å²) < 4.78 is 25.5. The van der Waals surface area contributed by atoms with Crippen molar-refractivity contribution in [3.05, 3.63) is 12.7 Å². The molecule has 0 N–H and O–H groups in total. The largest absolute Gasteiger partial charge is 0.469 e. The number of hydrogen-bond donors (Lipinski definition) is 0. The van der Waals surface area contributed by atoms with Crippen LogP contribution < -0.4 is 0 Å². The van der Waals surface area contributed by atoms with E-state index >= 15 is 0 Å². The van der Waals surface area contributed by atoms with E-state index in [1.54, 1.807) is 0 Å². The Morgan fingerprint density at radius 3 is 1.48 bits per heavy atom. The fourth-order valence-corrected chi connectivity index (χ4v) is 18.9. The fraction of sp³-hybridized carbons (Fsp3) is 0.833. The van der Waals surface area contributed by atoms with Crippen LogP contribution in [0.2, 0.25) is 42.3 Å². The fourth-order valence-electron chi connectivity index (χ4n) is 2.91. The van der Waals surface area contributed by atoms with Crippen molar-refractivity contribution in [3.8, 4) is 0 Å². The Labute approximate surface area is 173 Å². The van der Waals surface area contributed by atoms with Crippen LogP contribution in [0, 0.1) is 0 Å². The Balaban J connectivity index is 5.44. The predicted octanol–water partition coefficient (Wildman–Crippen LogP) is 4.39. The molecule has 0 unspecified atom stereocenters. The zero-order valence-electron chi connectivity index (χ0n) is 18.4. The molecular formula is C18H42O5Si4. The number of carbonyl (C=O) groups excluding carboxylic acids is 1. The van der Waals surface area contributed by atoms with Gasteiger partial charge in [0.05, 0.1) is 6.61 Å². The molecular weight excluding hydrogens is 409 g/mol. The lowest BCUT2D eigenvalue weighted by Crippen LogP contribution is -2.55. The smallest absolute Gasteiger partial charge is 0.463 e. The van der Waals surface area contributed by atoms with Gasteiger partial charge < -0.3 is 17.1 Å². The third kappa shape index (κ3) is 10.9. The van der Waals surface area contributed by atoms with Gasteiger partial charge >= 0.3 is 14.8 Å². The second kappa shape index (κ2) is 15.8. The van der Waals surface area contributed by atoms with Crippen molar-refractivity contribution in [2.24, 2.45) is 0 Å². The van der Waals surface area contributed by atoms with Gasteiger partial charge in [0.25, 0.3) is 0 Å². The van der Waals surface area contributed by atoms with E-state index in [0.717, 1.165) is 48.7 Å². The van der Waals surface area contributed by atoms with Crippen LogP contribution in [0.3, 0.4) is 0 Å². The molecule has 5 nitrogen and oxygen atoms in total. The Morgan fingerprint density at radius 1 is 0.815 bits per heavy atom. The lowest BCUT2D eigenvalue weighted by molar-refractivity contribution is -0.137. The summed E-state index contributed by atoms with van der Waals surface area (Å²) in [6, 6.07) is 7.33. The summed E-state index contributed by atoms with van der Waals surface area (Å²) in [5, 5.41) is 0. The van der Waals surface area contributed by atoms with Gasteiger partial charge in [0.2, 0.25) is 0 Å². The summed E-state index contributed by atoms with van der Waals surface area (Å²) in [6.45, 7) is 17.1. The molecule has 9 heteroatoms.